The number of rotatable bonds is 5. The van der Waals surface area contributed by atoms with E-state index in [0.29, 0.717) is 24.0 Å². The first-order valence-electron chi connectivity index (χ1n) is 8.26. The van der Waals surface area contributed by atoms with E-state index in [1.165, 1.54) is 12.8 Å². The lowest BCUT2D eigenvalue weighted by molar-refractivity contribution is 0.0932. The van der Waals surface area contributed by atoms with Gasteiger partial charge in [-0.2, -0.15) is 5.10 Å². The van der Waals surface area contributed by atoms with Crippen molar-refractivity contribution in [2.45, 2.75) is 51.6 Å². The highest BCUT2D eigenvalue weighted by Crippen LogP contribution is 2.40. The number of carbonyl (C=O) groups is 1. The average Bonchev–Trinajstić information content (AvgIpc) is 3.30. The van der Waals surface area contributed by atoms with Gasteiger partial charge in [-0.05, 0) is 51.3 Å². The number of hydrogen-bond acceptors (Lipinski definition) is 4. The molecule has 2 heterocycles. The summed E-state index contributed by atoms with van der Waals surface area (Å²) in [5.74, 6) is 0.946. The Morgan fingerprint density at radius 1 is 1.38 bits per heavy atom. The molecule has 1 amide bonds. The number of aromatic nitrogens is 3. The van der Waals surface area contributed by atoms with Gasteiger partial charge in [0.05, 0.1) is 18.3 Å². The van der Waals surface area contributed by atoms with Crippen LogP contribution in [0.1, 0.15) is 61.3 Å². The van der Waals surface area contributed by atoms with E-state index in [1.54, 1.807) is 13.3 Å². The Hall–Kier alpha value is -2.37. The largest absolute Gasteiger partial charge is 0.481 e. The van der Waals surface area contributed by atoms with Gasteiger partial charge in [-0.1, -0.05) is 0 Å². The summed E-state index contributed by atoms with van der Waals surface area (Å²) in [7, 11) is 1.58. The summed E-state index contributed by atoms with van der Waals surface area (Å²) in [6, 6.07) is 5.61. The van der Waals surface area contributed by atoms with E-state index in [4.69, 9.17) is 4.74 Å². The summed E-state index contributed by atoms with van der Waals surface area (Å²) < 4.78 is 6.95. The standard InChI is InChI=1S/C18H24N4O2/c1-18(2,3)22-15(10-14(21-22)13-5-6-13)17(23)20-11-12-7-8-19-16(9-12)24-4/h7-10,13H,5-6,11H2,1-4H3,(H,20,23). The van der Waals surface area contributed by atoms with Gasteiger partial charge in [0.25, 0.3) is 5.91 Å². The fourth-order valence-corrected chi connectivity index (χ4v) is 2.60. The van der Waals surface area contributed by atoms with Gasteiger partial charge in [0.15, 0.2) is 0 Å². The number of nitrogens with zero attached hydrogens (tertiary/aromatic N) is 3. The van der Waals surface area contributed by atoms with Crippen molar-refractivity contribution >= 4 is 5.91 Å². The fraction of sp³-hybridized carbons (Fsp3) is 0.500. The number of methoxy groups -OCH3 is 1. The van der Waals surface area contributed by atoms with Crippen molar-refractivity contribution in [3.05, 3.63) is 41.3 Å². The molecule has 0 radical (unpaired) electrons. The van der Waals surface area contributed by atoms with Crippen LogP contribution in [0.15, 0.2) is 24.4 Å². The van der Waals surface area contributed by atoms with Crippen LogP contribution >= 0.6 is 0 Å². The van der Waals surface area contributed by atoms with Gasteiger partial charge in [0.2, 0.25) is 5.88 Å². The summed E-state index contributed by atoms with van der Waals surface area (Å²) in [6.07, 6.45) is 4.00. The zero-order chi connectivity index (χ0) is 17.3. The molecule has 6 nitrogen and oxygen atoms in total. The van der Waals surface area contributed by atoms with Gasteiger partial charge in [0, 0.05) is 24.7 Å². The minimum absolute atomic E-state index is 0.111. The molecule has 6 heteroatoms. The molecular weight excluding hydrogens is 304 g/mol. The molecule has 0 aromatic carbocycles. The first-order chi connectivity index (χ1) is 11.4. The number of amides is 1. The summed E-state index contributed by atoms with van der Waals surface area (Å²) in [4.78, 5) is 16.7. The van der Waals surface area contributed by atoms with Crippen molar-refractivity contribution in [3.63, 3.8) is 0 Å². The van der Waals surface area contributed by atoms with Crippen molar-refractivity contribution in [2.24, 2.45) is 0 Å². The Kier molecular flexibility index (Phi) is 4.30. The van der Waals surface area contributed by atoms with Gasteiger partial charge in [-0.15, -0.1) is 0 Å². The molecule has 128 valence electrons. The third-order valence-corrected chi connectivity index (χ3v) is 4.05. The quantitative estimate of drug-likeness (QED) is 0.916. The zero-order valence-corrected chi connectivity index (χ0v) is 14.7. The van der Waals surface area contributed by atoms with E-state index in [1.807, 2.05) is 22.9 Å². The van der Waals surface area contributed by atoms with E-state index in [2.05, 4.69) is 36.2 Å². The Morgan fingerprint density at radius 2 is 2.12 bits per heavy atom. The third kappa shape index (κ3) is 3.58. The third-order valence-electron chi connectivity index (χ3n) is 4.05. The van der Waals surface area contributed by atoms with Crippen LogP contribution in [0.3, 0.4) is 0 Å². The minimum Gasteiger partial charge on any atom is -0.481 e. The van der Waals surface area contributed by atoms with Crippen LogP contribution in [0.2, 0.25) is 0 Å². The number of ether oxygens (including phenoxy) is 1. The molecule has 1 saturated carbocycles. The van der Waals surface area contributed by atoms with Crippen molar-refractivity contribution in [1.29, 1.82) is 0 Å². The molecule has 1 aliphatic carbocycles. The van der Waals surface area contributed by atoms with Gasteiger partial charge >= 0.3 is 0 Å². The molecule has 0 spiro atoms. The number of nitrogens with one attached hydrogen (secondary N) is 1. The van der Waals surface area contributed by atoms with Crippen molar-refractivity contribution in [2.75, 3.05) is 7.11 Å². The number of pyridine rings is 1. The maximum Gasteiger partial charge on any atom is 0.269 e. The SMILES string of the molecule is COc1cc(CNC(=O)c2cc(C3CC3)nn2C(C)(C)C)ccn1. The summed E-state index contributed by atoms with van der Waals surface area (Å²) in [5.41, 5.74) is 2.35. The van der Waals surface area contributed by atoms with E-state index in [0.717, 1.165) is 11.3 Å². The average molecular weight is 328 g/mol. The fourth-order valence-electron chi connectivity index (χ4n) is 2.60. The van der Waals surface area contributed by atoms with E-state index in [-0.39, 0.29) is 11.4 Å². The lowest BCUT2D eigenvalue weighted by atomic mass is 10.1. The summed E-state index contributed by atoms with van der Waals surface area (Å²) >= 11 is 0. The first kappa shape index (κ1) is 16.5. The number of hydrogen-bond donors (Lipinski definition) is 1. The van der Waals surface area contributed by atoms with Gasteiger partial charge < -0.3 is 10.1 Å². The van der Waals surface area contributed by atoms with Crippen molar-refractivity contribution in [3.8, 4) is 5.88 Å². The maximum atomic E-state index is 12.7. The maximum absolute atomic E-state index is 12.7. The predicted octanol–water partition coefficient (Wildman–Crippen LogP) is 2.85. The second-order valence-electron chi connectivity index (χ2n) is 7.20. The van der Waals surface area contributed by atoms with Crippen LogP contribution in [0.25, 0.3) is 0 Å². The van der Waals surface area contributed by atoms with Crippen LogP contribution in [-0.4, -0.2) is 27.8 Å². The summed E-state index contributed by atoms with van der Waals surface area (Å²) in [5, 5.41) is 7.64. The minimum atomic E-state index is -0.236. The van der Waals surface area contributed by atoms with Gasteiger partial charge in [-0.25, -0.2) is 4.98 Å². The predicted molar refractivity (Wildman–Crippen MR) is 91.2 cm³/mol. The Bertz CT molecular complexity index is 742. The molecule has 0 bridgehead atoms. The molecule has 24 heavy (non-hydrogen) atoms. The molecule has 0 unspecified atom stereocenters. The molecule has 0 saturated heterocycles. The lowest BCUT2D eigenvalue weighted by Crippen LogP contribution is -2.32. The Morgan fingerprint density at radius 3 is 2.75 bits per heavy atom. The Balaban J connectivity index is 1.76. The van der Waals surface area contributed by atoms with E-state index < -0.39 is 0 Å². The summed E-state index contributed by atoms with van der Waals surface area (Å²) in [6.45, 7) is 6.59. The van der Waals surface area contributed by atoms with Crippen molar-refractivity contribution < 1.29 is 9.53 Å². The second-order valence-corrected chi connectivity index (χ2v) is 7.20. The molecular formula is C18H24N4O2. The van der Waals surface area contributed by atoms with Crippen LogP contribution in [0.4, 0.5) is 0 Å². The topological polar surface area (TPSA) is 69.0 Å². The van der Waals surface area contributed by atoms with Crippen LogP contribution in [0, 0.1) is 0 Å². The van der Waals surface area contributed by atoms with E-state index >= 15 is 0 Å². The van der Waals surface area contributed by atoms with Gasteiger partial charge in [0.1, 0.15) is 5.69 Å². The van der Waals surface area contributed by atoms with Crippen LogP contribution in [-0.2, 0) is 12.1 Å². The molecule has 2 aromatic rings. The monoisotopic (exact) mass is 328 g/mol. The molecule has 1 fully saturated rings. The lowest BCUT2D eigenvalue weighted by Gasteiger charge is -2.22. The molecule has 0 atom stereocenters. The molecule has 1 N–H and O–H groups in total. The molecule has 2 aromatic heterocycles. The van der Waals surface area contributed by atoms with Crippen LogP contribution < -0.4 is 10.1 Å². The molecule has 3 rings (SSSR count). The highest BCUT2D eigenvalue weighted by molar-refractivity contribution is 5.92. The van der Waals surface area contributed by atoms with E-state index in [9.17, 15) is 4.79 Å². The van der Waals surface area contributed by atoms with Crippen LogP contribution in [0.5, 0.6) is 5.88 Å². The highest BCUT2D eigenvalue weighted by Gasteiger charge is 2.31. The second kappa shape index (κ2) is 6.26. The molecule has 1 aliphatic rings. The van der Waals surface area contributed by atoms with Gasteiger partial charge in [-0.3, -0.25) is 9.48 Å². The normalized spacial score (nSPS) is 14.5. The Labute approximate surface area is 142 Å². The highest BCUT2D eigenvalue weighted by atomic mass is 16.5. The smallest absolute Gasteiger partial charge is 0.269 e. The van der Waals surface area contributed by atoms with Crippen molar-refractivity contribution in [1.82, 2.24) is 20.1 Å². The molecule has 0 aliphatic heterocycles. The zero-order valence-electron chi connectivity index (χ0n) is 14.7. The first-order valence-corrected chi connectivity index (χ1v) is 8.26. The number of carbonyl (C=O) groups excluding carboxylic acids is 1.